The molecule has 0 spiro atoms. The maximum absolute atomic E-state index is 5.19. The molecule has 6 rings (SSSR count). The van der Waals surface area contributed by atoms with Crippen LogP contribution in [0.25, 0.3) is 10.2 Å². The molecule has 2 aliphatic carbocycles. The van der Waals surface area contributed by atoms with Crippen molar-refractivity contribution in [2.45, 2.75) is 63.3 Å². The first kappa shape index (κ1) is 16.0. The Bertz CT molecular complexity index is 992. The monoisotopic (exact) mass is 376 g/mol. The van der Waals surface area contributed by atoms with Crippen molar-refractivity contribution in [3.63, 3.8) is 0 Å². The number of rotatable bonds is 3. The molecule has 138 valence electrons. The second-order valence-corrected chi connectivity index (χ2v) is 9.26. The van der Waals surface area contributed by atoms with Gasteiger partial charge in [0.15, 0.2) is 0 Å². The number of pyridine rings is 1. The van der Waals surface area contributed by atoms with E-state index >= 15 is 0 Å². The van der Waals surface area contributed by atoms with Gasteiger partial charge in [0.25, 0.3) is 0 Å². The minimum absolute atomic E-state index is 0.343. The fraction of sp³-hybridized carbons (Fsp3) is 0.500. The van der Waals surface area contributed by atoms with Gasteiger partial charge in [-0.3, -0.25) is 4.98 Å². The fourth-order valence-electron chi connectivity index (χ4n) is 4.79. The molecule has 3 aromatic heterocycles. The molecule has 0 amide bonds. The molecule has 0 bridgehead atoms. The quantitative estimate of drug-likeness (QED) is 0.631. The third kappa shape index (κ3) is 2.66. The molecule has 0 aromatic carbocycles. The SMILES string of the molecule is c1ccc(C2CCCN2c2nc(C3CC3)nc3sc4c(c23)CCCC4)nc1. The van der Waals surface area contributed by atoms with E-state index in [0.29, 0.717) is 12.0 Å². The van der Waals surface area contributed by atoms with Crippen LogP contribution in [0.1, 0.15) is 72.4 Å². The summed E-state index contributed by atoms with van der Waals surface area (Å²) in [5, 5.41) is 1.36. The zero-order valence-corrected chi connectivity index (χ0v) is 16.3. The van der Waals surface area contributed by atoms with Crippen molar-refractivity contribution in [1.29, 1.82) is 0 Å². The number of nitrogens with zero attached hydrogens (tertiary/aromatic N) is 4. The van der Waals surface area contributed by atoms with E-state index in [9.17, 15) is 0 Å². The number of thiophene rings is 1. The minimum atomic E-state index is 0.343. The van der Waals surface area contributed by atoms with Crippen molar-refractivity contribution < 1.29 is 0 Å². The molecule has 1 saturated carbocycles. The molecule has 5 heteroatoms. The zero-order valence-electron chi connectivity index (χ0n) is 15.5. The second kappa shape index (κ2) is 6.26. The van der Waals surface area contributed by atoms with Crippen LogP contribution in [0.2, 0.25) is 0 Å². The van der Waals surface area contributed by atoms with Gasteiger partial charge in [0.05, 0.1) is 17.1 Å². The Morgan fingerprint density at radius 3 is 2.78 bits per heavy atom. The summed E-state index contributed by atoms with van der Waals surface area (Å²) >= 11 is 1.94. The first-order valence-electron chi connectivity index (χ1n) is 10.4. The normalized spacial score (nSPS) is 22.4. The zero-order chi connectivity index (χ0) is 17.8. The number of hydrogen-bond donors (Lipinski definition) is 0. The van der Waals surface area contributed by atoms with E-state index in [2.05, 4.69) is 22.0 Å². The molecule has 3 aliphatic rings. The Morgan fingerprint density at radius 1 is 1.00 bits per heavy atom. The lowest BCUT2D eigenvalue weighted by atomic mass is 9.96. The summed E-state index contributed by atoms with van der Waals surface area (Å²) in [6, 6.07) is 6.63. The van der Waals surface area contributed by atoms with E-state index in [4.69, 9.17) is 9.97 Å². The third-order valence-corrected chi connectivity index (χ3v) is 7.50. The average molecular weight is 377 g/mol. The highest BCUT2D eigenvalue weighted by molar-refractivity contribution is 7.19. The number of fused-ring (bicyclic) bond motifs is 3. The summed E-state index contributed by atoms with van der Waals surface area (Å²) in [5.74, 6) is 2.88. The predicted octanol–water partition coefficient (Wildman–Crippen LogP) is 5.18. The topological polar surface area (TPSA) is 41.9 Å². The van der Waals surface area contributed by atoms with Crippen molar-refractivity contribution >= 4 is 27.4 Å². The Morgan fingerprint density at radius 2 is 1.93 bits per heavy atom. The van der Waals surface area contributed by atoms with Crippen LogP contribution in [0.5, 0.6) is 0 Å². The highest BCUT2D eigenvalue weighted by atomic mass is 32.1. The fourth-order valence-corrected chi connectivity index (χ4v) is 6.05. The van der Waals surface area contributed by atoms with Crippen molar-refractivity contribution in [2.24, 2.45) is 0 Å². The number of anilines is 1. The van der Waals surface area contributed by atoms with Crippen LogP contribution in [-0.4, -0.2) is 21.5 Å². The molecular weight excluding hydrogens is 352 g/mol. The van der Waals surface area contributed by atoms with E-state index < -0.39 is 0 Å². The summed E-state index contributed by atoms with van der Waals surface area (Å²) in [5.41, 5.74) is 2.73. The predicted molar refractivity (Wildman–Crippen MR) is 110 cm³/mol. The second-order valence-electron chi connectivity index (χ2n) is 8.18. The summed E-state index contributed by atoms with van der Waals surface area (Å²) in [6.07, 6.45) is 11.8. The highest BCUT2D eigenvalue weighted by Gasteiger charge is 2.34. The first-order chi connectivity index (χ1) is 13.4. The average Bonchev–Trinajstić information content (AvgIpc) is 3.33. The smallest absolute Gasteiger partial charge is 0.141 e. The lowest BCUT2D eigenvalue weighted by Gasteiger charge is -2.27. The van der Waals surface area contributed by atoms with Crippen molar-refractivity contribution in [3.05, 3.63) is 46.4 Å². The van der Waals surface area contributed by atoms with Gasteiger partial charge in [-0.05, 0) is 69.1 Å². The van der Waals surface area contributed by atoms with E-state index in [1.807, 2.05) is 23.6 Å². The summed E-state index contributed by atoms with van der Waals surface area (Å²) in [6.45, 7) is 1.07. The van der Waals surface area contributed by atoms with Crippen molar-refractivity contribution in [3.8, 4) is 0 Å². The van der Waals surface area contributed by atoms with Gasteiger partial charge < -0.3 is 4.90 Å². The van der Waals surface area contributed by atoms with Gasteiger partial charge >= 0.3 is 0 Å². The number of aryl methyl sites for hydroxylation is 2. The lowest BCUT2D eigenvalue weighted by molar-refractivity contribution is 0.684. The highest BCUT2D eigenvalue weighted by Crippen LogP contribution is 2.46. The molecule has 1 saturated heterocycles. The maximum atomic E-state index is 5.19. The Kier molecular flexibility index (Phi) is 3.71. The van der Waals surface area contributed by atoms with Crippen LogP contribution in [0.3, 0.4) is 0 Å². The molecule has 1 atom stereocenters. The standard InChI is InChI=1S/C22H24N4S/c1-2-9-18-15(6-1)19-21(24-20(14-10-11-14)25-22(19)27-18)26-13-5-8-17(26)16-7-3-4-12-23-16/h3-4,7,12,14,17H,1-2,5-6,8-11,13H2. The molecule has 1 aliphatic heterocycles. The van der Waals surface area contributed by atoms with Crippen LogP contribution in [-0.2, 0) is 12.8 Å². The lowest BCUT2D eigenvalue weighted by Crippen LogP contribution is -2.25. The Hall–Kier alpha value is -2.01. The van der Waals surface area contributed by atoms with E-state index in [-0.39, 0.29) is 0 Å². The van der Waals surface area contributed by atoms with Gasteiger partial charge in [0.1, 0.15) is 16.5 Å². The molecule has 4 heterocycles. The Balaban J connectivity index is 1.54. The van der Waals surface area contributed by atoms with Gasteiger partial charge in [-0.15, -0.1) is 11.3 Å². The largest absolute Gasteiger partial charge is 0.347 e. The molecule has 2 fully saturated rings. The van der Waals surface area contributed by atoms with E-state index in [1.54, 1.807) is 10.4 Å². The molecule has 0 N–H and O–H groups in total. The van der Waals surface area contributed by atoms with Gasteiger partial charge in [-0.2, -0.15) is 0 Å². The Labute approximate surface area is 163 Å². The van der Waals surface area contributed by atoms with Gasteiger partial charge in [-0.1, -0.05) is 6.07 Å². The maximum Gasteiger partial charge on any atom is 0.141 e. The van der Waals surface area contributed by atoms with Gasteiger partial charge in [0.2, 0.25) is 0 Å². The van der Waals surface area contributed by atoms with Crippen LogP contribution in [0.15, 0.2) is 24.4 Å². The van der Waals surface area contributed by atoms with Crippen molar-refractivity contribution in [2.75, 3.05) is 11.4 Å². The summed E-state index contributed by atoms with van der Waals surface area (Å²) < 4.78 is 0. The number of aromatic nitrogens is 3. The van der Waals surface area contributed by atoms with Gasteiger partial charge in [0, 0.05) is 23.5 Å². The van der Waals surface area contributed by atoms with Gasteiger partial charge in [-0.25, -0.2) is 9.97 Å². The van der Waals surface area contributed by atoms with E-state index in [0.717, 1.165) is 18.8 Å². The molecular formula is C22H24N4S. The van der Waals surface area contributed by atoms with Crippen molar-refractivity contribution in [1.82, 2.24) is 15.0 Å². The molecule has 27 heavy (non-hydrogen) atoms. The van der Waals surface area contributed by atoms with Crippen LogP contribution in [0.4, 0.5) is 5.82 Å². The molecule has 3 aromatic rings. The minimum Gasteiger partial charge on any atom is -0.347 e. The molecule has 0 radical (unpaired) electrons. The summed E-state index contributed by atoms with van der Waals surface area (Å²) in [4.78, 5) is 20.3. The molecule has 4 nitrogen and oxygen atoms in total. The van der Waals surface area contributed by atoms with Crippen LogP contribution < -0.4 is 4.90 Å². The summed E-state index contributed by atoms with van der Waals surface area (Å²) in [7, 11) is 0. The van der Waals surface area contributed by atoms with Crippen LogP contribution >= 0.6 is 11.3 Å². The molecule has 1 unspecified atom stereocenters. The number of hydrogen-bond acceptors (Lipinski definition) is 5. The van der Waals surface area contributed by atoms with E-state index in [1.165, 1.54) is 66.7 Å². The third-order valence-electron chi connectivity index (χ3n) is 6.31. The van der Waals surface area contributed by atoms with Crippen LogP contribution in [0, 0.1) is 0 Å². The first-order valence-corrected chi connectivity index (χ1v) is 11.2.